The third kappa shape index (κ3) is 3.55. The number of likely N-dealkylation sites (tertiary alicyclic amines) is 1. The molecule has 1 aromatic heterocycles. The molecule has 1 N–H and O–H groups in total. The molecule has 0 radical (unpaired) electrons. The Kier molecular flexibility index (Phi) is 4.55. The van der Waals surface area contributed by atoms with Gasteiger partial charge in [-0.1, -0.05) is 20.8 Å². The second kappa shape index (κ2) is 6.04. The van der Waals surface area contributed by atoms with Crippen LogP contribution in [0.15, 0.2) is 12.3 Å². The summed E-state index contributed by atoms with van der Waals surface area (Å²) < 4.78 is 0. The summed E-state index contributed by atoms with van der Waals surface area (Å²) in [5, 5.41) is 3.10. The number of carbonyl (C=O) groups is 1. The molecule has 0 unspecified atom stereocenters. The molecular formula is C17H27N3O. The highest BCUT2D eigenvalue weighted by molar-refractivity contribution is 5.99. The van der Waals surface area contributed by atoms with E-state index >= 15 is 0 Å². The van der Waals surface area contributed by atoms with Crippen molar-refractivity contribution in [2.75, 3.05) is 25.5 Å². The van der Waals surface area contributed by atoms with Crippen molar-refractivity contribution in [2.24, 2.45) is 11.3 Å². The molecule has 2 heterocycles. The minimum atomic E-state index is 0.0965. The molecule has 0 spiro atoms. The maximum Gasteiger partial charge on any atom is 0.257 e. The van der Waals surface area contributed by atoms with Crippen LogP contribution in [0.5, 0.6) is 0 Å². The smallest absolute Gasteiger partial charge is 0.257 e. The lowest BCUT2D eigenvalue weighted by atomic mass is 9.75. The highest BCUT2D eigenvalue weighted by Crippen LogP contribution is 2.34. The Balaban J connectivity index is 2.09. The van der Waals surface area contributed by atoms with Gasteiger partial charge in [-0.25, -0.2) is 0 Å². The second-order valence-corrected chi connectivity index (χ2v) is 7.05. The van der Waals surface area contributed by atoms with E-state index in [0.717, 1.165) is 37.3 Å². The zero-order valence-electron chi connectivity index (χ0n) is 13.9. The lowest BCUT2D eigenvalue weighted by Gasteiger charge is -2.38. The summed E-state index contributed by atoms with van der Waals surface area (Å²) in [6.45, 7) is 10.5. The van der Waals surface area contributed by atoms with Crippen LogP contribution in [-0.2, 0) is 0 Å². The first-order chi connectivity index (χ1) is 9.82. The molecule has 1 amide bonds. The Labute approximate surface area is 127 Å². The average Bonchev–Trinajstić information content (AvgIpc) is 2.45. The van der Waals surface area contributed by atoms with Gasteiger partial charge in [-0.15, -0.1) is 0 Å². The first-order valence-electron chi connectivity index (χ1n) is 7.76. The predicted molar refractivity (Wildman–Crippen MR) is 86.6 cm³/mol. The van der Waals surface area contributed by atoms with Gasteiger partial charge in [0.1, 0.15) is 0 Å². The fourth-order valence-electron chi connectivity index (χ4n) is 3.06. The van der Waals surface area contributed by atoms with Crippen LogP contribution in [0.4, 0.5) is 5.69 Å². The first kappa shape index (κ1) is 15.8. The standard InChI is InChI=1S/C17H27N3O/c1-12-10-15(18-5)14(11-19-12)16(21)20-8-6-13(7-9-20)17(2,3)4/h10-11,13H,6-9H2,1-5H3,(H,18,19). The van der Waals surface area contributed by atoms with E-state index in [-0.39, 0.29) is 5.91 Å². The summed E-state index contributed by atoms with van der Waals surface area (Å²) in [5.41, 5.74) is 2.79. The number of amides is 1. The summed E-state index contributed by atoms with van der Waals surface area (Å²) in [4.78, 5) is 18.9. The van der Waals surface area contributed by atoms with Gasteiger partial charge in [0.15, 0.2) is 0 Å². The van der Waals surface area contributed by atoms with Gasteiger partial charge in [0.2, 0.25) is 0 Å². The van der Waals surface area contributed by atoms with E-state index in [2.05, 4.69) is 31.1 Å². The monoisotopic (exact) mass is 289 g/mol. The van der Waals surface area contributed by atoms with E-state index in [0.29, 0.717) is 16.9 Å². The van der Waals surface area contributed by atoms with E-state index in [1.165, 1.54) is 0 Å². The van der Waals surface area contributed by atoms with Gasteiger partial charge in [0.25, 0.3) is 5.91 Å². The van der Waals surface area contributed by atoms with Gasteiger partial charge in [0, 0.05) is 32.0 Å². The lowest BCUT2D eigenvalue weighted by molar-refractivity contribution is 0.0609. The number of carbonyl (C=O) groups excluding carboxylic acids is 1. The summed E-state index contributed by atoms with van der Waals surface area (Å²) in [6.07, 6.45) is 3.87. The third-order valence-corrected chi connectivity index (χ3v) is 4.55. The number of nitrogens with zero attached hydrogens (tertiary/aromatic N) is 2. The van der Waals surface area contributed by atoms with Crippen LogP contribution in [0.1, 0.15) is 49.7 Å². The Bertz CT molecular complexity index is 511. The van der Waals surface area contributed by atoms with Crippen LogP contribution in [-0.4, -0.2) is 35.9 Å². The Hall–Kier alpha value is -1.58. The summed E-state index contributed by atoms with van der Waals surface area (Å²) in [5.74, 6) is 0.792. The molecule has 2 rings (SSSR count). The zero-order valence-corrected chi connectivity index (χ0v) is 13.9. The van der Waals surface area contributed by atoms with Gasteiger partial charge in [-0.3, -0.25) is 9.78 Å². The normalized spacial score (nSPS) is 16.9. The van der Waals surface area contributed by atoms with Gasteiger partial charge in [-0.05, 0) is 37.2 Å². The van der Waals surface area contributed by atoms with Crippen LogP contribution >= 0.6 is 0 Å². The lowest BCUT2D eigenvalue weighted by Crippen LogP contribution is -2.41. The van der Waals surface area contributed by atoms with Crippen molar-refractivity contribution >= 4 is 11.6 Å². The number of nitrogens with one attached hydrogen (secondary N) is 1. The molecule has 4 heteroatoms. The minimum Gasteiger partial charge on any atom is -0.387 e. The van der Waals surface area contributed by atoms with Crippen molar-refractivity contribution < 1.29 is 4.79 Å². The van der Waals surface area contributed by atoms with Crippen LogP contribution in [0.3, 0.4) is 0 Å². The molecule has 1 fully saturated rings. The van der Waals surface area contributed by atoms with Crippen molar-refractivity contribution in [3.05, 3.63) is 23.5 Å². The van der Waals surface area contributed by atoms with E-state index in [1.54, 1.807) is 6.20 Å². The third-order valence-electron chi connectivity index (χ3n) is 4.55. The maximum absolute atomic E-state index is 12.7. The molecule has 1 aliphatic heterocycles. The second-order valence-electron chi connectivity index (χ2n) is 7.05. The number of hydrogen-bond acceptors (Lipinski definition) is 3. The van der Waals surface area contributed by atoms with Crippen molar-refractivity contribution in [2.45, 2.75) is 40.5 Å². The van der Waals surface area contributed by atoms with Gasteiger partial charge in [-0.2, -0.15) is 0 Å². The number of anilines is 1. The molecule has 21 heavy (non-hydrogen) atoms. The number of aromatic nitrogens is 1. The highest BCUT2D eigenvalue weighted by atomic mass is 16.2. The molecule has 0 atom stereocenters. The van der Waals surface area contributed by atoms with Crippen LogP contribution in [0, 0.1) is 18.3 Å². The van der Waals surface area contributed by atoms with Crippen molar-refractivity contribution in [1.29, 1.82) is 0 Å². The zero-order chi connectivity index (χ0) is 15.6. The molecule has 0 saturated carbocycles. The average molecular weight is 289 g/mol. The summed E-state index contributed by atoms with van der Waals surface area (Å²) in [6, 6.07) is 1.93. The Morgan fingerprint density at radius 2 is 1.95 bits per heavy atom. The summed E-state index contributed by atoms with van der Waals surface area (Å²) in [7, 11) is 1.84. The van der Waals surface area contributed by atoms with Crippen molar-refractivity contribution in [3.8, 4) is 0 Å². The highest BCUT2D eigenvalue weighted by Gasteiger charge is 2.31. The largest absolute Gasteiger partial charge is 0.387 e. The molecule has 1 aliphatic rings. The van der Waals surface area contributed by atoms with E-state index in [1.807, 2.05) is 24.9 Å². The molecule has 1 saturated heterocycles. The maximum atomic E-state index is 12.7. The quantitative estimate of drug-likeness (QED) is 0.908. The van der Waals surface area contributed by atoms with E-state index in [4.69, 9.17) is 0 Å². The molecule has 0 aromatic carbocycles. The van der Waals surface area contributed by atoms with Gasteiger partial charge in [0.05, 0.1) is 11.3 Å². The van der Waals surface area contributed by atoms with E-state index in [9.17, 15) is 4.79 Å². The van der Waals surface area contributed by atoms with Crippen LogP contribution < -0.4 is 5.32 Å². The summed E-state index contributed by atoms with van der Waals surface area (Å²) >= 11 is 0. The van der Waals surface area contributed by atoms with Gasteiger partial charge < -0.3 is 10.2 Å². The fraction of sp³-hybridized carbons (Fsp3) is 0.647. The fourth-order valence-corrected chi connectivity index (χ4v) is 3.06. The molecule has 0 bridgehead atoms. The molecule has 0 aliphatic carbocycles. The van der Waals surface area contributed by atoms with E-state index < -0.39 is 0 Å². The topological polar surface area (TPSA) is 45.2 Å². The van der Waals surface area contributed by atoms with Crippen LogP contribution in [0.2, 0.25) is 0 Å². The SMILES string of the molecule is CNc1cc(C)ncc1C(=O)N1CCC(C(C)(C)C)CC1. The Morgan fingerprint density at radius 1 is 1.33 bits per heavy atom. The first-order valence-corrected chi connectivity index (χ1v) is 7.76. The van der Waals surface area contributed by atoms with Gasteiger partial charge >= 0.3 is 0 Å². The number of hydrogen-bond donors (Lipinski definition) is 1. The molecule has 4 nitrogen and oxygen atoms in total. The number of aryl methyl sites for hydroxylation is 1. The molecule has 1 aromatic rings. The van der Waals surface area contributed by atoms with Crippen molar-refractivity contribution in [3.63, 3.8) is 0 Å². The number of piperidine rings is 1. The molecular weight excluding hydrogens is 262 g/mol. The Morgan fingerprint density at radius 3 is 2.48 bits per heavy atom. The van der Waals surface area contributed by atoms with Crippen LogP contribution in [0.25, 0.3) is 0 Å². The minimum absolute atomic E-state index is 0.0965. The predicted octanol–water partition coefficient (Wildman–Crippen LogP) is 3.33. The molecule has 116 valence electrons. The number of rotatable bonds is 2. The number of pyridine rings is 1. The van der Waals surface area contributed by atoms with Crippen molar-refractivity contribution in [1.82, 2.24) is 9.88 Å².